The van der Waals surface area contributed by atoms with Crippen LogP contribution in [0, 0.1) is 0 Å². The minimum Gasteiger partial charge on any atom is -0.368 e. The van der Waals surface area contributed by atoms with E-state index in [4.69, 9.17) is 11.5 Å². The highest BCUT2D eigenvalue weighted by atomic mass is 16.1. The summed E-state index contributed by atoms with van der Waals surface area (Å²) >= 11 is 0. The van der Waals surface area contributed by atoms with Crippen LogP contribution in [0.25, 0.3) is 0 Å². The SMILES string of the molecule is NC(=O)[C@@H](N)CN1CCCCC1. The van der Waals surface area contributed by atoms with Crippen LogP contribution in [0.4, 0.5) is 0 Å². The van der Waals surface area contributed by atoms with Gasteiger partial charge in [-0.05, 0) is 25.9 Å². The van der Waals surface area contributed by atoms with E-state index in [-0.39, 0.29) is 0 Å². The highest BCUT2D eigenvalue weighted by Gasteiger charge is 2.16. The smallest absolute Gasteiger partial charge is 0.235 e. The van der Waals surface area contributed by atoms with Gasteiger partial charge in [-0.25, -0.2) is 0 Å². The molecule has 0 radical (unpaired) electrons. The van der Waals surface area contributed by atoms with Gasteiger partial charge in [0.15, 0.2) is 0 Å². The van der Waals surface area contributed by atoms with Gasteiger partial charge in [-0.2, -0.15) is 0 Å². The number of hydrogen-bond donors (Lipinski definition) is 2. The number of nitrogens with zero attached hydrogens (tertiary/aromatic N) is 1. The third-order valence-electron chi connectivity index (χ3n) is 2.27. The maximum absolute atomic E-state index is 10.6. The number of hydrogen-bond acceptors (Lipinski definition) is 3. The zero-order valence-electron chi connectivity index (χ0n) is 7.33. The number of amides is 1. The molecule has 0 aromatic rings. The Kier molecular flexibility index (Phi) is 3.49. The maximum atomic E-state index is 10.6. The van der Waals surface area contributed by atoms with Gasteiger partial charge in [-0.3, -0.25) is 4.79 Å². The molecule has 0 unspecified atom stereocenters. The molecule has 1 atom stereocenters. The molecule has 1 amide bonds. The number of carbonyl (C=O) groups is 1. The molecule has 4 N–H and O–H groups in total. The second-order valence-electron chi connectivity index (χ2n) is 3.37. The fourth-order valence-electron chi connectivity index (χ4n) is 1.51. The van der Waals surface area contributed by atoms with E-state index in [1.54, 1.807) is 0 Å². The molecule has 0 aromatic heterocycles. The minimum atomic E-state index is -0.497. The number of carbonyl (C=O) groups excluding carboxylic acids is 1. The molecule has 1 heterocycles. The molecule has 1 saturated heterocycles. The lowest BCUT2D eigenvalue weighted by Crippen LogP contribution is -2.47. The lowest BCUT2D eigenvalue weighted by Gasteiger charge is -2.27. The molecule has 70 valence electrons. The number of piperidine rings is 1. The molecule has 1 rings (SSSR count). The largest absolute Gasteiger partial charge is 0.368 e. The van der Waals surface area contributed by atoms with Crippen molar-refractivity contribution in [2.75, 3.05) is 19.6 Å². The molecule has 4 nitrogen and oxygen atoms in total. The van der Waals surface area contributed by atoms with Gasteiger partial charge in [0.25, 0.3) is 0 Å². The van der Waals surface area contributed by atoms with Crippen LogP contribution < -0.4 is 11.5 Å². The molecule has 0 aromatic carbocycles. The van der Waals surface area contributed by atoms with Crippen molar-refractivity contribution in [3.05, 3.63) is 0 Å². The minimum absolute atomic E-state index is 0.402. The summed E-state index contributed by atoms with van der Waals surface area (Å²) < 4.78 is 0. The first-order valence-corrected chi connectivity index (χ1v) is 4.47. The Bertz CT molecular complexity index is 154. The average molecular weight is 171 g/mol. The predicted octanol–water partition coefficient (Wildman–Crippen LogP) is -0.715. The molecule has 0 saturated carbocycles. The Morgan fingerprint density at radius 3 is 2.42 bits per heavy atom. The van der Waals surface area contributed by atoms with E-state index < -0.39 is 11.9 Å². The standard InChI is InChI=1S/C8H17N3O/c9-7(8(10)12)6-11-4-2-1-3-5-11/h7H,1-6,9H2,(H2,10,12)/t7-/m0/s1. The zero-order valence-corrected chi connectivity index (χ0v) is 7.33. The fraction of sp³-hybridized carbons (Fsp3) is 0.875. The molecule has 4 heteroatoms. The number of rotatable bonds is 3. The number of nitrogens with two attached hydrogens (primary N) is 2. The van der Waals surface area contributed by atoms with Crippen molar-refractivity contribution in [2.24, 2.45) is 11.5 Å². The Hall–Kier alpha value is -0.610. The second kappa shape index (κ2) is 4.42. The predicted molar refractivity (Wildman–Crippen MR) is 47.5 cm³/mol. The zero-order chi connectivity index (χ0) is 8.97. The molecular weight excluding hydrogens is 154 g/mol. The summed E-state index contributed by atoms with van der Waals surface area (Å²) in [7, 11) is 0. The van der Waals surface area contributed by atoms with Crippen LogP contribution in [-0.4, -0.2) is 36.5 Å². The summed E-state index contributed by atoms with van der Waals surface area (Å²) in [4.78, 5) is 12.9. The first kappa shape index (κ1) is 9.48. The van der Waals surface area contributed by atoms with Gasteiger partial charge >= 0.3 is 0 Å². The lowest BCUT2D eigenvalue weighted by atomic mass is 10.1. The average Bonchev–Trinajstić information content (AvgIpc) is 2.06. The Morgan fingerprint density at radius 2 is 1.92 bits per heavy atom. The van der Waals surface area contributed by atoms with E-state index in [1.165, 1.54) is 19.3 Å². The van der Waals surface area contributed by atoms with Crippen molar-refractivity contribution in [1.29, 1.82) is 0 Å². The van der Waals surface area contributed by atoms with Crippen LogP contribution in [0.2, 0.25) is 0 Å². The van der Waals surface area contributed by atoms with Crippen LogP contribution in [0.1, 0.15) is 19.3 Å². The first-order chi connectivity index (χ1) is 5.70. The maximum Gasteiger partial charge on any atom is 0.235 e. The van der Waals surface area contributed by atoms with E-state index in [2.05, 4.69) is 4.90 Å². The Balaban J connectivity index is 2.24. The van der Waals surface area contributed by atoms with Gasteiger partial charge < -0.3 is 16.4 Å². The van der Waals surface area contributed by atoms with E-state index in [0.717, 1.165) is 13.1 Å². The van der Waals surface area contributed by atoms with Gasteiger partial charge in [0, 0.05) is 6.54 Å². The van der Waals surface area contributed by atoms with Crippen LogP contribution in [-0.2, 0) is 4.79 Å². The first-order valence-electron chi connectivity index (χ1n) is 4.47. The summed E-state index contributed by atoms with van der Waals surface area (Å²) in [5.74, 6) is -0.402. The monoisotopic (exact) mass is 171 g/mol. The fourth-order valence-corrected chi connectivity index (χ4v) is 1.51. The molecule has 1 aliphatic rings. The molecule has 0 bridgehead atoms. The van der Waals surface area contributed by atoms with Gasteiger partial charge in [-0.1, -0.05) is 6.42 Å². The topological polar surface area (TPSA) is 72.3 Å². The molecular formula is C8H17N3O. The molecule has 12 heavy (non-hydrogen) atoms. The van der Waals surface area contributed by atoms with Crippen molar-refractivity contribution >= 4 is 5.91 Å². The van der Waals surface area contributed by atoms with Gasteiger partial charge in [0.2, 0.25) is 5.91 Å². The van der Waals surface area contributed by atoms with Crippen molar-refractivity contribution in [2.45, 2.75) is 25.3 Å². The second-order valence-corrected chi connectivity index (χ2v) is 3.37. The van der Waals surface area contributed by atoms with Gasteiger partial charge in [-0.15, -0.1) is 0 Å². The normalized spacial score (nSPS) is 22.1. The van der Waals surface area contributed by atoms with Crippen LogP contribution >= 0.6 is 0 Å². The van der Waals surface area contributed by atoms with Gasteiger partial charge in [0.05, 0.1) is 6.04 Å². The Morgan fingerprint density at radius 1 is 1.33 bits per heavy atom. The lowest BCUT2D eigenvalue weighted by molar-refractivity contribution is -0.119. The van der Waals surface area contributed by atoms with E-state index in [0.29, 0.717) is 6.54 Å². The molecule has 1 fully saturated rings. The molecule has 0 spiro atoms. The summed E-state index contributed by atoms with van der Waals surface area (Å²) in [6, 6.07) is -0.497. The van der Waals surface area contributed by atoms with Crippen LogP contribution in [0.5, 0.6) is 0 Å². The highest BCUT2D eigenvalue weighted by molar-refractivity contribution is 5.79. The van der Waals surface area contributed by atoms with E-state index >= 15 is 0 Å². The third-order valence-corrected chi connectivity index (χ3v) is 2.27. The van der Waals surface area contributed by atoms with Crippen LogP contribution in [0.15, 0.2) is 0 Å². The van der Waals surface area contributed by atoms with Crippen molar-refractivity contribution < 1.29 is 4.79 Å². The van der Waals surface area contributed by atoms with E-state index in [9.17, 15) is 4.79 Å². The van der Waals surface area contributed by atoms with E-state index in [1.807, 2.05) is 0 Å². The van der Waals surface area contributed by atoms with Gasteiger partial charge in [0.1, 0.15) is 0 Å². The van der Waals surface area contributed by atoms with Crippen molar-refractivity contribution in [3.8, 4) is 0 Å². The number of likely N-dealkylation sites (tertiary alicyclic amines) is 1. The molecule has 1 aliphatic heterocycles. The summed E-state index contributed by atoms with van der Waals surface area (Å²) in [5, 5.41) is 0. The summed E-state index contributed by atoms with van der Waals surface area (Å²) in [6.45, 7) is 2.73. The number of primary amides is 1. The van der Waals surface area contributed by atoms with Crippen molar-refractivity contribution in [1.82, 2.24) is 4.90 Å². The van der Waals surface area contributed by atoms with Crippen LogP contribution in [0.3, 0.4) is 0 Å². The third kappa shape index (κ3) is 2.79. The summed E-state index contributed by atoms with van der Waals surface area (Å²) in [6.07, 6.45) is 3.72. The molecule has 0 aliphatic carbocycles. The Labute approximate surface area is 72.9 Å². The highest BCUT2D eigenvalue weighted by Crippen LogP contribution is 2.08. The quantitative estimate of drug-likeness (QED) is 0.589. The summed E-state index contributed by atoms with van der Waals surface area (Å²) in [5.41, 5.74) is 10.6. The van der Waals surface area contributed by atoms with Crippen molar-refractivity contribution in [3.63, 3.8) is 0 Å².